The third-order valence-electron chi connectivity index (χ3n) is 5.68. The fraction of sp³-hybridized carbons (Fsp3) is 0.409. The standard InChI is InChI=1S/C22H27F2N3O3S/c1-17(18-4-6-19(23)7-5-18)25(2)22(28)16-26-12-3-13-27(15-14-26)31(29,30)21-10-8-20(24)9-11-21/h4-11,17H,3,12-16H2,1-2H3/t17-/m0/s1. The lowest BCUT2D eigenvalue weighted by Crippen LogP contribution is -2.41. The number of carbonyl (C=O) groups is 1. The van der Waals surface area contributed by atoms with Gasteiger partial charge >= 0.3 is 0 Å². The summed E-state index contributed by atoms with van der Waals surface area (Å²) in [6, 6.07) is 10.6. The Morgan fingerprint density at radius 2 is 1.55 bits per heavy atom. The van der Waals surface area contributed by atoms with Gasteiger partial charge in [0.15, 0.2) is 0 Å². The second-order valence-electron chi connectivity index (χ2n) is 7.72. The predicted octanol–water partition coefficient (Wildman–Crippen LogP) is 2.88. The maximum Gasteiger partial charge on any atom is 0.243 e. The van der Waals surface area contributed by atoms with E-state index in [0.717, 1.165) is 17.7 Å². The van der Waals surface area contributed by atoms with Gasteiger partial charge in [0, 0.05) is 26.7 Å². The van der Waals surface area contributed by atoms with Crippen LogP contribution in [-0.2, 0) is 14.8 Å². The summed E-state index contributed by atoms with van der Waals surface area (Å²) in [5, 5.41) is 0. The molecule has 3 rings (SSSR count). The smallest absolute Gasteiger partial charge is 0.243 e. The van der Waals surface area contributed by atoms with E-state index in [1.54, 1.807) is 24.1 Å². The molecule has 6 nitrogen and oxygen atoms in total. The first-order valence-corrected chi connectivity index (χ1v) is 11.6. The van der Waals surface area contributed by atoms with Crippen LogP contribution in [-0.4, -0.2) is 68.2 Å². The number of sulfonamides is 1. The van der Waals surface area contributed by atoms with Crippen molar-refractivity contribution < 1.29 is 22.0 Å². The number of likely N-dealkylation sites (N-methyl/N-ethyl adjacent to an activating group) is 1. The Kier molecular flexibility index (Phi) is 7.40. The normalized spacial score (nSPS) is 17.2. The summed E-state index contributed by atoms with van der Waals surface area (Å²) in [7, 11) is -2.00. The number of benzene rings is 2. The van der Waals surface area contributed by atoms with Crippen molar-refractivity contribution in [3.63, 3.8) is 0 Å². The first kappa shape index (κ1) is 23.3. The van der Waals surface area contributed by atoms with Gasteiger partial charge < -0.3 is 4.90 Å². The molecule has 1 heterocycles. The number of hydrogen-bond donors (Lipinski definition) is 0. The van der Waals surface area contributed by atoms with Crippen molar-refractivity contribution in [1.29, 1.82) is 0 Å². The van der Waals surface area contributed by atoms with Crippen molar-refractivity contribution in [2.24, 2.45) is 0 Å². The Bertz CT molecular complexity index is 998. The number of carbonyl (C=O) groups excluding carboxylic acids is 1. The summed E-state index contributed by atoms with van der Waals surface area (Å²) in [6.07, 6.45) is 0.588. The van der Waals surface area contributed by atoms with E-state index < -0.39 is 15.8 Å². The van der Waals surface area contributed by atoms with E-state index in [4.69, 9.17) is 0 Å². The van der Waals surface area contributed by atoms with Gasteiger partial charge in [0.05, 0.1) is 17.5 Å². The van der Waals surface area contributed by atoms with Gasteiger partial charge in [0.1, 0.15) is 11.6 Å². The quantitative estimate of drug-likeness (QED) is 0.678. The lowest BCUT2D eigenvalue weighted by molar-refractivity contribution is -0.133. The number of hydrogen-bond acceptors (Lipinski definition) is 4. The molecule has 0 N–H and O–H groups in total. The number of amides is 1. The van der Waals surface area contributed by atoms with Gasteiger partial charge in [-0.05, 0) is 61.9 Å². The maximum absolute atomic E-state index is 13.1. The van der Waals surface area contributed by atoms with Gasteiger partial charge in [-0.2, -0.15) is 4.31 Å². The Hall–Kier alpha value is -2.36. The van der Waals surface area contributed by atoms with Crippen LogP contribution in [0, 0.1) is 11.6 Å². The third-order valence-corrected chi connectivity index (χ3v) is 7.60. The Labute approximate surface area is 182 Å². The van der Waals surface area contributed by atoms with Crippen molar-refractivity contribution in [3.8, 4) is 0 Å². The number of nitrogens with zero attached hydrogens (tertiary/aromatic N) is 3. The van der Waals surface area contributed by atoms with Gasteiger partial charge in [-0.15, -0.1) is 0 Å². The summed E-state index contributed by atoms with van der Waals surface area (Å²) in [4.78, 5) is 16.4. The molecule has 0 saturated carbocycles. The van der Waals surface area contributed by atoms with Gasteiger partial charge in [-0.25, -0.2) is 17.2 Å². The minimum atomic E-state index is -3.71. The fourth-order valence-electron chi connectivity index (χ4n) is 3.59. The van der Waals surface area contributed by atoms with Crippen LogP contribution in [0.4, 0.5) is 8.78 Å². The summed E-state index contributed by atoms with van der Waals surface area (Å²) in [5.41, 5.74) is 0.838. The molecule has 0 bridgehead atoms. The van der Waals surface area contributed by atoms with E-state index >= 15 is 0 Å². The third kappa shape index (κ3) is 5.66. The maximum atomic E-state index is 13.1. The molecule has 9 heteroatoms. The van der Waals surface area contributed by atoms with Crippen molar-refractivity contribution in [3.05, 3.63) is 65.7 Å². The number of rotatable bonds is 6. The molecule has 2 aromatic carbocycles. The van der Waals surface area contributed by atoms with E-state index in [2.05, 4.69) is 0 Å². The monoisotopic (exact) mass is 451 g/mol. The second kappa shape index (κ2) is 9.84. The average Bonchev–Trinajstić information content (AvgIpc) is 2.99. The molecule has 1 fully saturated rings. The highest BCUT2D eigenvalue weighted by atomic mass is 32.2. The fourth-order valence-corrected chi connectivity index (χ4v) is 5.05. The first-order chi connectivity index (χ1) is 14.7. The Balaban J connectivity index is 1.59. The molecule has 2 aromatic rings. The molecule has 1 atom stereocenters. The molecule has 0 aliphatic carbocycles. The zero-order chi connectivity index (χ0) is 22.6. The highest BCUT2D eigenvalue weighted by molar-refractivity contribution is 7.89. The van der Waals surface area contributed by atoms with Crippen molar-refractivity contribution >= 4 is 15.9 Å². The van der Waals surface area contributed by atoms with Gasteiger partial charge in [-0.1, -0.05) is 12.1 Å². The van der Waals surface area contributed by atoms with Crippen LogP contribution in [0.1, 0.15) is 24.9 Å². The minimum absolute atomic E-state index is 0.0614. The molecule has 0 unspecified atom stereocenters. The molecule has 1 saturated heterocycles. The van der Waals surface area contributed by atoms with Crippen LogP contribution in [0.5, 0.6) is 0 Å². The molecule has 0 spiro atoms. The summed E-state index contributed by atoms with van der Waals surface area (Å²) >= 11 is 0. The largest absolute Gasteiger partial charge is 0.338 e. The van der Waals surface area contributed by atoms with E-state index in [9.17, 15) is 22.0 Å². The van der Waals surface area contributed by atoms with Crippen LogP contribution in [0.3, 0.4) is 0 Å². The molecule has 1 aliphatic rings. The van der Waals surface area contributed by atoms with Crippen LogP contribution in [0.25, 0.3) is 0 Å². The molecule has 1 amide bonds. The minimum Gasteiger partial charge on any atom is -0.338 e. The van der Waals surface area contributed by atoms with Crippen molar-refractivity contribution in [2.75, 3.05) is 39.8 Å². The average molecular weight is 452 g/mol. The lowest BCUT2D eigenvalue weighted by Gasteiger charge is -2.28. The first-order valence-electron chi connectivity index (χ1n) is 10.2. The molecule has 0 aromatic heterocycles. The van der Waals surface area contributed by atoms with Crippen molar-refractivity contribution in [2.45, 2.75) is 24.3 Å². The molecule has 168 valence electrons. The lowest BCUT2D eigenvalue weighted by atomic mass is 10.1. The molecule has 1 aliphatic heterocycles. The highest BCUT2D eigenvalue weighted by Gasteiger charge is 2.28. The molecule has 0 radical (unpaired) electrons. The van der Waals surface area contributed by atoms with Gasteiger partial charge in [0.25, 0.3) is 0 Å². The van der Waals surface area contributed by atoms with Crippen LogP contribution in [0.15, 0.2) is 53.4 Å². The highest BCUT2D eigenvalue weighted by Crippen LogP contribution is 2.21. The number of halogens is 2. The van der Waals surface area contributed by atoms with E-state index in [-0.39, 0.29) is 35.8 Å². The van der Waals surface area contributed by atoms with Crippen LogP contribution in [0.2, 0.25) is 0 Å². The molecule has 31 heavy (non-hydrogen) atoms. The predicted molar refractivity (Wildman–Crippen MR) is 114 cm³/mol. The van der Waals surface area contributed by atoms with Gasteiger partial charge in [0.2, 0.25) is 15.9 Å². The molecular formula is C22H27F2N3O3S. The van der Waals surface area contributed by atoms with E-state index in [1.165, 1.54) is 28.6 Å². The SMILES string of the molecule is C[C@@H](c1ccc(F)cc1)N(C)C(=O)CN1CCCN(S(=O)(=O)c2ccc(F)cc2)CC1. The van der Waals surface area contributed by atoms with Crippen LogP contribution >= 0.6 is 0 Å². The Morgan fingerprint density at radius 3 is 2.16 bits per heavy atom. The van der Waals surface area contributed by atoms with Gasteiger partial charge in [-0.3, -0.25) is 9.69 Å². The molecular weight excluding hydrogens is 424 g/mol. The van der Waals surface area contributed by atoms with E-state index in [0.29, 0.717) is 26.1 Å². The summed E-state index contributed by atoms with van der Waals surface area (Å²) < 4.78 is 53.4. The topological polar surface area (TPSA) is 60.9 Å². The van der Waals surface area contributed by atoms with Crippen molar-refractivity contribution in [1.82, 2.24) is 14.1 Å². The summed E-state index contributed by atoms with van der Waals surface area (Å²) in [6.45, 7) is 3.67. The zero-order valence-electron chi connectivity index (χ0n) is 17.7. The summed E-state index contributed by atoms with van der Waals surface area (Å²) in [5.74, 6) is -0.903. The Morgan fingerprint density at radius 1 is 0.968 bits per heavy atom. The second-order valence-corrected chi connectivity index (χ2v) is 9.66. The zero-order valence-corrected chi connectivity index (χ0v) is 18.5. The van der Waals surface area contributed by atoms with E-state index in [1.807, 2.05) is 11.8 Å². The van der Waals surface area contributed by atoms with Crippen LogP contribution < -0.4 is 0 Å².